The largest absolute Gasteiger partial charge is 0.478 e. The first-order valence-electron chi connectivity index (χ1n) is 3.11. The van der Waals surface area contributed by atoms with Crippen LogP contribution in [0.4, 0.5) is 0 Å². The highest BCUT2D eigenvalue weighted by atomic mass is 32.1. The Kier molecular flexibility index (Phi) is 2.36. The Morgan fingerprint density at radius 2 is 2.17 bits per heavy atom. The van der Waals surface area contributed by atoms with Gasteiger partial charge >= 0.3 is 5.97 Å². The van der Waals surface area contributed by atoms with E-state index in [1.54, 1.807) is 0 Å². The first-order chi connectivity index (χ1) is 5.63. The van der Waals surface area contributed by atoms with E-state index < -0.39 is 5.97 Å². The summed E-state index contributed by atoms with van der Waals surface area (Å²) >= 11 is 3.96. The number of nitriles is 1. The zero-order valence-corrected chi connectivity index (χ0v) is 6.88. The maximum Gasteiger partial charge on any atom is 0.335 e. The molecule has 1 aromatic rings. The van der Waals surface area contributed by atoms with E-state index >= 15 is 0 Å². The number of nitrogens with zero attached hydrogens (tertiary/aromatic N) is 1. The van der Waals surface area contributed by atoms with Crippen LogP contribution in [-0.4, -0.2) is 11.1 Å². The second-order valence-electron chi connectivity index (χ2n) is 2.19. The molecule has 0 atom stereocenters. The number of aromatic carboxylic acids is 1. The molecule has 0 aliphatic carbocycles. The van der Waals surface area contributed by atoms with Gasteiger partial charge in [0.1, 0.15) is 0 Å². The molecule has 0 heterocycles. The molecular weight excluding hydrogens is 174 g/mol. The zero-order chi connectivity index (χ0) is 9.14. The van der Waals surface area contributed by atoms with E-state index in [9.17, 15) is 4.79 Å². The molecule has 4 heteroatoms. The summed E-state index contributed by atoms with van der Waals surface area (Å²) in [5.41, 5.74) is 0.388. The average molecular weight is 179 g/mol. The van der Waals surface area contributed by atoms with Crippen molar-refractivity contribution < 1.29 is 9.90 Å². The number of hydrogen-bond acceptors (Lipinski definition) is 3. The Morgan fingerprint density at radius 1 is 1.50 bits per heavy atom. The fraction of sp³-hybridized carbons (Fsp3) is 0. The van der Waals surface area contributed by atoms with Crippen LogP contribution in [0.1, 0.15) is 15.9 Å². The summed E-state index contributed by atoms with van der Waals surface area (Å²) in [6.07, 6.45) is 0. The van der Waals surface area contributed by atoms with Gasteiger partial charge in [0.15, 0.2) is 0 Å². The minimum atomic E-state index is -1.05. The van der Waals surface area contributed by atoms with Gasteiger partial charge in [0.2, 0.25) is 0 Å². The summed E-state index contributed by atoms with van der Waals surface area (Å²) < 4.78 is 0. The number of carbonyl (C=O) groups is 1. The van der Waals surface area contributed by atoms with Crippen molar-refractivity contribution in [3.63, 3.8) is 0 Å². The molecule has 0 radical (unpaired) electrons. The lowest BCUT2D eigenvalue weighted by atomic mass is 10.1. The Bertz CT molecular complexity index is 368. The highest BCUT2D eigenvalue weighted by Crippen LogP contribution is 2.12. The van der Waals surface area contributed by atoms with Crippen LogP contribution in [0.15, 0.2) is 23.1 Å². The Labute approximate surface area is 74.7 Å². The SMILES string of the molecule is N#Cc1cc(S)cc(C(=O)O)c1. The fourth-order valence-corrected chi connectivity index (χ4v) is 1.08. The second kappa shape index (κ2) is 3.28. The summed E-state index contributed by atoms with van der Waals surface area (Å²) in [5, 5.41) is 17.1. The molecular formula is C8H5NO2S. The molecule has 0 bridgehead atoms. The number of benzene rings is 1. The number of carboxylic acids is 1. The Morgan fingerprint density at radius 3 is 2.67 bits per heavy atom. The van der Waals surface area contributed by atoms with Crippen molar-refractivity contribution in [1.29, 1.82) is 5.26 Å². The summed E-state index contributed by atoms with van der Waals surface area (Å²) in [7, 11) is 0. The van der Waals surface area contributed by atoms with E-state index in [4.69, 9.17) is 10.4 Å². The van der Waals surface area contributed by atoms with Gasteiger partial charge in [0, 0.05) is 4.90 Å². The molecule has 1 aromatic carbocycles. The normalized spacial score (nSPS) is 9.00. The van der Waals surface area contributed by atoms with E-state index in [0.29, 0.717) is 10.5 Å². The topological polar surface area (TPSA) is 61.1 Å². The lowest BCUT2D eigenvalue weighted by molar-refractivity contribution is 0.0696. The summed E-state index contributed by atoms with van der Waals surface area (Å²) in [6, 6.07) is 6.06. The van der Waals surface area contributed by atoms with Crippen LogP contribution in [0.2, 0.25) is 0 Å². The summed E-state index contributed by atoms with van der Waals surface area (Å²) in [6.45, 7) is 0. The van der Waals surface area contributed by atoms with Crippen molar-refractivity contribution in [3.05, 3.63) is 29.3 Å². The first kappa shape index (κ1) is 8.62. The Hall–Kier alpha value is -1.47. The highest BCUT2D eigenvalue weighted by molar-refractivity contribution is 7.80. The zero-order valence-electron chi connectivity index (χ0n) is 5.98. The molecule has 3 nitrogen and oxygen atoms in total. The van der Waals surface area contributed by atoms with Crippen molar-refractivity contribution in [2.24, 2.45) is 0 Å². The van der Waals surface area contributed by atoms with Gasteiger partial charge in [-0.3, -0.25) is 0 Å². The van der Waals surface area contributed by atoms with Crippen LogP contribution >= 0.6 is 12.6 Å². The van der Waals surface area contributed by atoms with Crippen molar-refractivity contribution in [3.8, 4) is 6.07 Å². The van der Waals surface area contributed by atoms with Crippen LogP contribution < -0.4 is 0 Å². The first-order valence-corrected chi connectivity index (χ1v) is 3.55. The van der Waals surface area contributed by atoms with Gasteiger partial charge in [-0.15, -0.1) is 12.6 Å². The maximum atomic E-state index is 10.5. The lowest BCUT2D eigenvalue weighted by Crippen LogP contribution is -1.96. The third-order valence-electron chi connectivity index (χ3n) is 1.29. The van der Waals surface area contributed by atoms with Crippen LogP contribution in [0.25, 0.3) is 0 Å². The van der Waals surface area contributed by atoms with E-state index in [1.165, 1.54) is 18.2 Å². The van der Waals surface area contributed by atoms with E-state index in [1.807, 2.05) is 6.07 Å². The maximum absolute atomic E-state index is 10.5. The molecule has 0 aliphatic heterocycles. The minimum Gasteiger partial charge on any atom is -0.478 e. The summed E-state index contributed by atoms with van der Waals surface area (Å²) in [4.78, 5) is 11.0. The summed E-state index contributed by atoms with van der Waals surface area (Å²) in [5.74, 6) is -1.05. The van der Waals surface area contributed by atoms with Gasteiger partial charge in [0.05, 0.1) is 17.2 Å². The monoisotopic (exact) mass is 179 g/mol. The Balaban J connectivity index is 3.26. The van der Waals surface area contributed by atoms with Gasteiger partial charge < -0.3 is 5.11 Å². The average Bonchev–Trinajstić information content (AvgIpc) is 2.03. The molecule has 0 aromatic heterocycles. The third-order valence-corrected chi connectivity index (χ3v) is 1.55. The van der Waals surface area contributed by atoms with Gasteiger partial charge in [0.25, 0.3) is 0 Å². The molecule has 0 saturated heterocycles. The van der Waals surface area contributed by atoms with E-state index in [0.717, 1.165) is 0 Å². The van der Waals surface area contributed by atoms with Gasteiger partial charge in [-0.25, -0.2) is 4.79 Å². The molecule has 0 unspecified atom stereocenters. The fourth-order valence-electron chi connectivity index (χ4n) is 0.799. The van der Waals surface area contributed by atoms with Crippen LogP contribution in [0.3, 0.4) is 0 Å². The second-order valence-corrected chi connectivity index (χ2v) is 2.70. The smallest absolute Gasteiger partial charge is 0.335 e. The van der Waals surface area contributed by atoms with Crippen molar-refractivity contribution in [1.82, 2.24) is 0 Å². The quantitative estimate of drug-likeness (QED) is 0.643. The molecule has 0 amide bonds. The van der Waals surface area contributed by atoms with Crippen molar-refractivity contribution in [2.45, 2.75) is 4.90 Å². The predicted molar refractivity (Wildman–Crippen MR) is 45.4 cm³/mol. The van der Waals surface area contributed by atoms with Crippen LogP contribution in [0.5, 0.6) is 0 Å². The number of rotatable bonds is 1. The third kappa shape index (κ3) is 1.77. The van der Waals surface area contributed by atoms with E-state index in [-0.39, 0.29) is 5.56 Å². The number of carboxylic acid groups (broad SMARTS) is 1. The predicted octanol–water partition coefficient (Wildman–Crippen LogP) is 1.55. The van der Waals surface area contributed by atoms with Crippen molar-refractivity contribution in [2.75, 3.05) is 0 Å². The number of thiol groups is 1. The molecule has 12 heavy (non-hydrogen) atoms. The van der Waals surface area contributed by atoms with Gasteiger partial charge in [-0.1, -0.05) is 0 Å². The highest BCUT2D eigenvalue weighted by Gasteiger charge is 2.04. The van der Waals surface area contributed by atoms with Crippen molar-refractivity contribution >= 4 is 18.6 Å². The lowest BCUT2D eigenvalue weighted by Gasteiger charge is -1.96. The van der Waals surface area contributed by atoms with Crippen LogP contribution in [-0.2, 0) is 0 Å². The standard InChI is InChI=1S/C8H5NO2S/c9-4-5-1-6(8(10)11)3-7(12)2-5/h1-3,12H,(H,10,11). The molecule has 0 spiro atoms. The molecule has 1 rings (SSSR count). The van der Waals surface area contributed by atoms with Gasteiger partial charge in [-0.05, 0) is 18.2 Å². The molecule has 0 fully saturated rings. The minimum absolute atomic E-state index is 0.0825. The molecule has 0 saturated carbocycles. The van der Waals surface area contributed by atoms with Crippen LogP contribution in [0, 0.1) is 11.3 Å². The molecule has 1 N–H and O–H groups in total. The van der Waals surface area contributed by atoms with E-state index in [2.05, 4.69) is 12.6 Å². The molecule has 0 aliphatic rings. The number of hydrogen-bond donors (Lipinski definition) is 2. The molecule has 60 valence electrons. The van der Waals surface area contributed by atoms with Gasteiger partial charge in [-0.2, -0.15) is 5.26 Å².